The maximum atomic E-state index is 12.8. The van der Waals surface area contributed by atoms with E-state index in [9.17, 15) is 14.4 Å². The van der Waals surface area contributed by atoms with E-state index < -0.39 is 0 Å². The first-order valence-electron chi connectivity index (χ1n) is 12.0. The second-order valence-electron chi connectivity index (χ2n) is 9.88. The van der Waals surface area contributed by atoms with E-state index in [0.29, 0.717) is 30.5 Å². The Morgan fingerprint density at radius 3 is 2.03 bits per heavy atom. The first-order valence-corrected chi connectivity index (χ1v) is 12.0. The van der Waals surface area contributed by atoms with Crippen molar-refractivity contribution in [3.63, 3.8) is 0 Å². The van der Waals surface area contributed by atoms with E-state index in [1.54, 1.807) is 0 Å². The van der Waals surface area contributed by atoms with Gasteiger partial charge < -0.3 is 9.80 Å². The van der Waals surface area contributed by atoms with Gasteiger partial charge in [-0.05, 0) is 49.5 Å². The Morgan fingerprint density at radius 2 is 1.45 bits per heavy atom. The van der Waals surface area contributed by atoms with Crippen LogP contribution in [0.4, 0.5) is 0 Å². The molecule has 0 bridgehead atoms. The Labute approximate surface area is 187 Å². The van der Waals surface area contributed by atoms with Crippen molar-refractivity contribution < 1.29 is 14.4 Å². The zero-order valence-electron chi connectivity index (χ0n) is 19.4. The van der Waals surface area contributed by atoms with Gasteiger partial charge in [-0.2, -0.15) is 0 Å². The van der Waals surface area contributed by atoms with Crippen LogP contribution in [-0.2, 0) is 16.0 Å². The Kier molecular flexibility index (Phi) is 8.28. The third kappa shape index (κ3) is 6.65. The molecule has 2 aliphatic rings. The molecule has 170 valence electrons. The Hall–Kier alpha value is -2.17. The molecule has 0 spiro atoms. The van der Waals surface area contributed by atoms with E-state index in [4.69, 9.17) is 0 Å². The highest BCUT2D eigenvalue weighted by Gasteiger charge is 2.31. The van der Waals surface area contributed by atoms with Crippen LogP contribution in [0.25, 0.3) is 0 Å². The molecule has 0 aliphatic carbocycles. The summed E-state index contributed by atoms with van der Waals surface area (Å²) in [4.78, 5) is 41.7. The normalized spacial score (nSPS) is 18.5. The van der Waals surface area contributed by atoms with Crippen molar-refractivity contribution in [3.05, 3.63) is 35.4 Å². The number of carbonyl (C=O) groups is 3. The number of ketones is 1. The van der Waals surface area contributed by atoms with E-state index in [0.717, 1.165) is 45.2 Å². The summed E-state index contributed by atoms with van der Waals surface area (Å²) in [7, 11) is 0. The monoisotopic (exact) mass is 426 g/mol. The lowest BCUT2D eigenvalue weighted by molar-refractivity contribution is -0.141. The maximum Gasteiger partial charge on any atom is 0.225 e. The van der Waals surface area contributed by atoms with Crippen LogP contribution in [0.3, 0.4) is 0 Å². The molecular weight excluding hydrogens is 388 g/mol. The van der Waals surface area contributed by atoms with E-state index in [1.165, 1.54) is 5.56 Å². The highest BCUT2D eigenvalue weighted by atomic mass is 16.2. The summed E-state index contributed by atoms with van der Waals surface area (Å²) in [5.41, 5.74) is 1.92. The zero-order valence-corrected chi connectivity index (χ0v) is 19.4. The molecule has 2 fully saturated rings. The molecule has 2 aliphatic heterocycles. The molecule has 2 heterocycles. The van der Waals surface area contributed by atoms with Crippen LogP contribution >= 0.6 is 0 Å². The number of piperidine rings is 2. The Bertz CT molecular complexity index is 755. The van der Waals surface area contributed by atoms with E-state index in [1.807, 2.05) is 34.1 Å². The van der Waals surface area contributed by atoms with Crippen LogP contribution in [0.15, 0.2) is 24.3 Å². The van der Waals surface area contributed by atoms with Crippen molar-refractivity contribution in [2.75, 3.05) is 26.2 Å². The number of carbonyl (C=O) groups excluding carboxylic acids is 3. The summed E-state index contributed by atoms with van der Waals surface area (Å²) in [6.07, 6.45) is 5.16. The lowest BCUT2D eigenvalue weighted by Crippen LogP contribution is -2.46. The molecule has 0 aromatic heterocycles. The molecule has 3 rings (SSSR count). The minimum absolute atomic E-state index is 0.0221. The summed E-state index contributed by atoms with van der Waals surface area (Å²) in [6.45, 7) is 9.60. The summed E-state index contributed by atoms with van der Waals surface area (Å²) in [5, 5.41) is 0. The Balaban J connectivity index is 1.40. The minimum atomic E-state index is 0.0221. The molecule has 1 aromatic rings. The van der Waals surface area contributed by atoms with Gasteiger partial charge in [0.15, 0.2) is 5.78 Å². The predicted octanol–water partition coefficient (Wildman–Crippen LogP) is 4.35. The van der Waals surface area contributed by atoms with Gasteiger partial charge in [0.1, 0.15) is 0 Å². The standard InChI is InChI=1S/C26H38N2O3/c1-19(2)18-21-4-6-22(7-5-21)24(29)8-9-25(30)27-16-12-23(13-17-27)26(31)28-14-10-20(3)11-15-28/h4-7,19-20,23H,8-18H2,1-3H3. The summed E-state index contributed by atoms with van der Waals surface area (Å²) < 4.78 is 0. The molecule has 5 heteroatoms. The van der Waals surface area contributed by atoms with E-state index in [2.05, 4.69) is 20.8 Å². The zero-order chi connectivity index (χ0) is 22.4. The van der Waals surface area contributed by atoms with Crippen LogP contribution in [0, 0.1) is 17.8 Å². The lowest BCUT2D eigenvalue weighted by Gasteiger charge is -2.36. The third-order valence-electron chi connectivity index (χ3n) is 6.78. The number of hydrogen-bond acceptors (Lipinski definition) is 3. The first kappa shape index (κ1) is 23.5. The van der Waals surface area contributed by atoms with Crippen molar-refractivity contribution >= 4 is 17.6 Å². The number of likely N-dealkylation sites (tertiary alicyclic amines) is 2. The number of Topliss-reactive ketones (excluding diaryl/α,β-unsaturated/α-hetero) is 1. The number of benzene rings is 1. The van der Waals surface area contributed by atoms with Crippen molar-refractivity contribution in [2.45, 2.75) is 65.7 Å². The van der Waals surface area contributed by atoms with Gasteiger partial charge >= 0.3 is 0 Å². The fourth-order valence-corrected chi connectivity index (χ4v) is 4.68. The van der Waals surface area contributed by atoms with Gasteiger partial charge in [-0.3, -0.25) is 14.4 Å². The summed E-state index contributed by atoms with van der Waals surface area (Å²) >= 11 is 0. The maximum absolute atomic E-state index is 12.8. The minimum Gasteiger partial charge on any atom is -0.343 e. The molecule has 0 atom stereocenters. The molecule has 0 radical (unpaired) electrons. The van der Waals surface area contributed by atoms with Gasteiger partial charge in [-0.1, -0.05) is 45.0 Å². The molecule has 1 aromatic carbocycles. The SMILES string of the molecule is CC(C)Cc1ccc(C(=O)CCC(=O)N2CCC(C(=O)N3CCC(C)CC3)CC2)cc1. The summed E-state index contributed by atoms with van der Waals surface area (Å²) in [6, 6.07) is 7.78. The van der Waals surface area contributed by atoms with Gasteiger partial charge in [0, 0.05) is 50.5 Å². The largest absolute Gasteiger partial charge is 0.343 e. The predicted molar refractivity (Wildman–Crippen MR) is 123 cm³/mol. The number of amides is 2. The van der Waals surface area contributed by atoms with Gasteiger partial charge in [-0.25, -0.2) is 0 Å². The van der Waals surface area contributed by atoms with Crippen LogP contribution in [0.1, 0.15) is 75.2 Å². The molecule has 2 saturated heterocycles. The highest BCUT2D eigenvalue weighted by molar-refractivity contribution is 5.98. The molecule has 0 saturated carbocycles. The van der Waals surface area contributed by atoms with Crippen molar-refractivity contribution in [3.8, 4) is 0 Å². The van der Waals surface area contributed by atoms with Crippen molar-refractivity contribution in [1.29, 1.82) is 0 Å². The highest BCUT2D eigenvalue weighted by Crippen LogP contribution is 2.24. The topological polar surface area (TPSA) is 57.7 Å². The van der Waals surface area contributed by atoms with E-state index >= 15 is 0 Å². The van der Waals surface area contributed by atoms with Crippen LogP contribution < -0.4 is 0 Å². The van der Waals surface area contributed by atoms with Crippen molar-refractivity contribution in [1.82, 2.24) is 9.80 Å². The average molecular weight is 427 g/mol. The average Bonchev–Trinajstić information content (AvgIpc) is 2.77. The summed E-state index contributed by atoms with van der Waals surface area (Å²) in [5.74, 6) is 1.67. The quantitative estimate of drug-likeness (QED) is 0.609. The molecule has 0 unspecified atom stereocenters. The van der Waals surface area contributed by atoms with Crippen molar-refractivity contribution in [2.24, 2.45) is 17.8 Å². The molecule has 2 amide bonds. The van der Waals surface area contributed by atoms with Crippen LogP contribution in [0.2, 0.25) is 0 Å². The Morgan fingerprint density at radius 1 is 0.871 bits per heavy atom. The van der Waals surface area contributed by atoms with Gasteiger partial charge in [-0.15, -0.1) is 0 Å². The lowest BCUT2D eigenvalue weighted by atomic mass is 9.92. The first-order chi connectivity index (χ1) is 14.8. The van der Waals surface area contributed by atoms with Crippen LogP contribution in [-0.4, -0.2) is 53.6 Å². The molecule has 31 heavy (non-hydrogen) atoms. The van der Waals surface area contributed by atoms with E-state index in [-0.39, 0.29) is 36.4 Å². The van der Waals surface area contributed by atoms with Gasteiger partial charge in [0.05, 0.1) is 0 Å². The molecule has 0 N–H and O–H groups in total. The second kappa shape index (κ2) is 10.9. The number of nitrogens with zero attached hydrogens (tertiary/aromatic N) is 2. The fraction of sp³-hybridized carbons (Fsp3) is 0.654. The van der Waals surface area contributed by atoms with Crippen LogP contribution in [0.5, 0.6) is 0 Å². The molecular formula is C26H38N2O3. The third-order valence-corrected chi connectivity index (χ3v) is 6.78. The van der Waals surface area contributed by atoms with Gasteiger partial charge in [0.2, 0.25) is 11.8 Å². The number of hydrogen-bond donors (Lipinski definition) is 0. The van der Waals surface area contributed by atoms with Gasteiger partial charge in [0.25, 0.3) is 0 Å². The molecule has 5 nitrogen and oxygen atoms in total. The second-order valence-corrected chi connectivity index (χ2v) is 9.88. The number of rotatable bonds is 7. The fourth-order valence-electron chi connectivity index (χ4n) is 4.68. The smallest absolute Gasteiger partial charge is 0.225 e.